The molecule has 1 fully saturated rings. The molecule has 21 heavy (non-hydrogen) atoms. The molecule has 112 valence electrons. The summed E-state index contributed by atoms with van der Waals surface area (Å²) < 4.78 is 2.40. The minimum absolute atomic E-state index is 0.568. The summed E-state index contributed by atoms with van der Waals surface area (Å²) in [6, 6.07) is 9.86. The van der Waals surface area contributed by atoms with Gasteiger partial charge in [-0.1, -0.05) is 38.1 Å². The van der Waals surface area contributed by atoms with Crippen LogP contribution in [-0.2, 0) is 6.42 Å². The van der Waals surface area contributed by atoms with Crippen molar-refractivity contribution in [2.45, 2.75) is 51.6 Å². The zero-order valence-electron chi connectivity index (χ0n) is 13.0. The van der Waals surface area contributed by atoms with E-state index in [1.807, 2.05) is 6.20 Å². The summed E-state index contributed by atoms with van der Waals surface area (Å²) in [5.74, 6) is 1.13. The van der Waals surface area contributed by atoms with Gasteiger partial charge in [0.25, 0.3) is 0 Å². The van der Waals surface area contributed by atoms with Crippen LogP contribution in [0, 0.1) is 0 Å². The number of piperidine rings is 1. The number of nitrogens with zero attached hydrogens (tertiary/aromatic N) is 2. The van der Waals surface area contributed by atoms with Crippen molar-refractivity contribution in [2.24, 2.45) is 0 Å². The first-order chi connectivity index (χ1) is 10.3. The number of imidazole rings is 1. The first kappa shape index (κ1) is 14.3. The van der Waals surface area contributed by atoms with Crippen molar-refractivity contribution >= 4 is 0 Å². The average molecular weight is 283 g/mol. The molecule has 2 aromatic rings. The van der Waals surface area contributed by atoms with Gasteiger partial charge in [-0.25, -0.2) is 4.98 Å². The van der Waals surface area contributed by atoms with Gasteiger partial charge in [0.2, 0.25) is 0 Å². The third-order valence-corrected chi connectivity index (χ3v) is 4.66. The molecule has 2 atom stereocenters. The fraction of sp³-hybridized carbons (Fsp3) is 0.500. The number of benzene rings is 1. The molecule has 0 radical (unpaired) electrons. The maximum atomic E-state index is 4.66. The Balaban J connectivity index is 1.93. The molecule has 2 heterocycles. The Bertz CT molecular complexity index is 588. The molecule has 0 spiro atoms. The van der Waals surface area contributed by atoms with Gasteiger partial charge in [0.15, 0.2) is 0 Å². The molecule has 1 aliphatic rings. The topological polar surface area (TPSA) is 29.9 Å². The number of rotatable bonds is 4. The smallest absolute Gasteiger partial charge is 0.140 e. The van der Waals surface area contributed by atoms with E-state index in [0.717, 1.165) is 18.8 Å². The third kappa shape index (κ3) is 2.88. The molecular weight excluding hydrogens is 258 g/mol. The predicted octanol–water partition coefficient (Wildman–Crippen LogP) is 3.82. The molecule has 0 aliphatic carbocycles. The van der Waals surface area contributed by atoms with Crippen molar-refractivity contribution < 1.29 is 0 Å². The highest BCUT2D eigenvalue weighted by Crippen LogP contribution is 2.30. The SMILES string of the molecule is CCc1ccccc1-c1nccn1[C@@H]1CCN[C@H](CC)C1. The Morgan fingerprint density at radius 2 is 2.14 bits per heavy atom. The minimum Gasteiger partial charge on any atom is -0.328 e. The first-order valence-electron chi connectivity index (χ1n) is 8.18. The first-order valence-corrected chi connectivity index (χ1v) is 8.18. The molecule has 0 amide bonds. The molecule has 1 aliphatic heterocycles. The van der Waals surface area contributed by atoms with Gasteiger partial charge in [0, 0.05) is 30.0 Å². The lowest BCUT2D eigenvalue weighted by molar-refractivity contribution is 0.297. The lowest BCUT2D eigenvalue weighted by Crippen LogP contribution is -2.38. The van der Waals surface area contributed by atoms with Crippen molar-refractivity contribution in [3.8, 4) is 11.4 Å². The van der Waals surface area contributed by atoms with E-state index in [9.17, 15) is 0 Å². The van der Waals surface area contributed by atoms with E-state index in [2.05, 4.69) is 59.2 Å². The standard InChI is InChI=1S/C18H25N3/c1-3-14-7-5-6-8-17(14)18-20-11-12-21(18)16-9-10-19-15(4-2)13-16/h5-8,11-12,15-16,19H,3-4,9-10,13H2,1-2H3/t15-,16-/m1/s1. The van der Waals surface area contributed by atoms with Crippen molar-refractivity contribution in [3.63, 3.8) is 0 Å². The van der Waals surface area contributed by atoms with Crippen molar-refractivity contribution in [3.05, 3.63) is 42.2 Å². The Morgan fingerprint density at radius 1 is 1.29 bits per heavy atom. The van der Waals surface area contributed by atoms with Gasteiger partial charge in [0.1, 0.15) is 5.82 Å². The van der Waals surface area contributed by atoms with E-state index < -0.39 is 0 Å². The van der Waals surface area contributed by atoms with Crippen LogP contribution in [0.3, 0.4) is 0 Å². The van der Waals surface area contributed by atoms with E-state index in [4.69, 9.17) is 0 Å². The molecule has 1 aromatic heterocycles. The monoisotopic (exact) mass is 283 g/mol. The fourth-order valence-corrected chi connectivity index (χ4v) is 3.41. The fourth-order valence-electron chi connectivity index (χ4n) is 3.41. The molecule has 3 heteroatoms. The highest BCUT2D eigenvalue weighted by atomic mass is 15.1. The van der Waals surface area contributed by atoms with E-state index in [1.54, 1.807) is 0 Å². The molecule has 3 rings (SSSR count). The van der Waals surface area contributed by atoms with Gasteiger partial charge in [-0.3, -0.25) is 0 Å². The zero-order valence-corrected chi connectivity index (χ0v) is 13.0. The van der Waals surface area contributed by atoms with Gasteiger partial charge < -0.3 is 9.88 Å². The summed E-state index contributed by atoms with van der Waals surface area (Å²) in [5, 5.41) is 3.61. The molecule has 1 aromatic carbocycles. The summed E-state index contributed by atoms with van der Waals surface area (Å²) in [4.78, 5) is 4.66. The van der Waals surface area contributed by atoms with Gasteiger partial charge in [0.05, 0.1) is 0 Å². The molecule has 1 N–H and O–H groups in total. The number of nitrogens with one attached hydrogen (secondary N) is 1. The van der Waals surface area contributed by atoms with Crippen LogP contribution in [0.4, 0.5) is 0 Å². The number of hydrogen-bond acceptors (Lipinski definition) is 2. The highest BCUT2D eigenvalue weighted by Gasteiger charge is 2.23. The summed E-state index contributed by atoms with van der Waals surface area (Å²) in [6.45, 7) is 5.58. The number of aryl methyl sites for hydroxylation is 1. The van der Waals surface area contributed by atoms with Gasteiger partial charge in [-0.2, -0.15) is 0 Å². The van der Waals surface area contributed by atoms with Crippen LogP contribution in [-0.4, -0.2) is 22.1 Å². The quantitative estimate of drug-likeness (QED) is 0.924. The lowest BCUT2D eigenvalue weighted by atomic mass is 9.96. The average Bonchev–Trinajstić information content (AvgIpc) is 3.04. The van der Waals surface area contributed by atoms with Crippen LogP contribution in [0.15, 0.2) is 36.7 Å². The second-order valence-electron chi connectivity index (χ2n) is 5.91. The normalized spacial score (nSPS) is 22.4. The zero-order chi connectivity index (χ0) is 14.7. The molecule has 0 bridgehead atoms. The van der Waals surface area contributed by atoms with E-state index in [0.29, 0.717) is 12.1 Å². The third-order valence-electron chi connectivity index (χ3n) is 4.66. The number of hydrogen-bond donors (Lipinski definition) is 1. The van der Waals surface area contributed by atoms with E-state index in [-0.39, 0.29) is 0 Å². The van der Waals surface area contributed by atoms with Crippen LogP contribution in [0.25, 0.3) is 11.4 Å². The second kappa shape index (κ2) is 6.44. The summed E-state index contributed by atoms with van der Waals surface area (Å²) in [6.07, 6.45) is 8.75. The van der Waals surface area contributed by atoms with Crippen molar-refractivity contribution in [1.29, 1.82) is 0 Å². The Labute approximate surface area is 127 Å². The number of aromatic nitrogens is 2. The van der Waals surface area contributed by atoms with E-state index in [1.165, 1.54) is 30.4 Å². The van der Waals surface area contributed by atoms with Crippen LogP contribution >= 0.6 is 0 Å². The second-order valence-corrected chi connectivity index (χ2v) is 5.91. The molecule has 0 saturated carbocycles. The molecule has 1 saturated heterocycles. The maximum Gasteiger partial charge on any atom is 0.140 e. The van der Waals surface area contributed by atoms with Crippen LogP contribution < -0.4 is 5.32 Å². The highest BCUT2D eigenvalue weighted by molar-refractivity contribution is 5.60. The van der Waals surface area contributed by atoms with Crippen LogP contribution in [0.1, 0.15) is 44.7 Å². The van der Waals surface area contributed by atoms with Gasteiger partial charge >= 0.3 is 0 Å². The van der Waals surface area contributed by atoms with E-state index >= 15 is 0 Å². The van der Waals surface area contributed by atoms with Gasteiger partial charge in [-0.15, -0.1) is 0 Å². The van der Waals surface area contributed by atoms with Crippen LogP contribution in [0.2, 0.25) is 0 Å². The Morgan fingerprint density at radius 3 is 2.95 bits per heavy atom. The summed E-state index contributed by atoms with van der Waals surface area (Å²) in [7, 11) is 0. The minimum atomic E-state index is 0.568. The summed E-state index contributed by atoms with van der Waals surface area (Å²) in [5.41, 5.74) is 2.67. The predicted molar refractivity (Wildman–Crippen MR) is 87.4 cm³/mol. The maximum absolute atomic E-state index is 4.66. The Hall–Kier alpha value is -1.61. The van der Waals surface area contributed by atoms with Crippen molar-refractivity contribution in [2.75, 3.05) is 6.54 Å². The summed E-state index contributed by atoms with van der Waals surface area (Å²) >= 11 is 0. The van der Waals surface area contributed by atoms with Crippen LogP contribution in [0.5, 0.6) is 0 Å². The lowest BCUT2D eigenvalue weighted by Gasteiger charge is -2.31. The van der Waals surface area contributed by atoms with Crippen molar-refractivity contribution in [1.82, 2.24) is 14.9 Å². The van der Waals surface area contributed by atoms with Gasteiger partial charge in [-0.05, 0) is 37.8 Å². The largest absolute Gasteiger partial charge is 0.328 e. The Kier molecular flexibility index (Phi) is 4.39. The molecule has 3 nitrogen and oxygen atoms in total. The molecular formula is C18H25N3. The molecule has 0 unspecified atom stereocenters.